The molecule has 1 fully saturated rings. The van der Waals surface area contributed by atoms with Gasteiger partial charge < -0.3 is 14.2 Å². The molecule has 0 heterocycles. The number of benzene rings is 2. The quantitative estimate of drug-likeness (QED) is 0.725. The van der Waals surface area contributed by atoms with Crippen molar-refractivity contribution in [1.29, 1.82) is 0 Å². The van der Waals surface area contributed by atoms with Gasteiger partial charge in [-0.3, -0.25) is 4.79 Å². The highest BCUT2D eigenvalue weighted by Gasteiger charge is 2.24. The van der Waals surface area contributed by atoms with Crippen molar-refractivity contribution in [3.8, 4) is 11.5 Å². The molecule has 0 unspecified atom stereocenters. The molecule has 0 aliphatic heterocycles. The van der Waals surface area contributed by atoms with Crippen LogP contribution in [0.25, 0.3) is 0 Å². The van der Waals surface area contributed by atoms with E-state index in [-0.39, 0.29) is 18.2 Å². The van der Waals surface area contributed by atoms with Crippen LogP contribution in [0.15, 0.2) is 54.6 Å². The molecule has 0 aromatic heterocycles. The molecule has 4 heteroatoms. The van der Waals surface area contributed by atoms with Gasteiger partial charge in [0.15, 0.2) is 0 Å². The monoisotopic (exact) mass is 340 g/mol. The number of hydrogen-bond donors (Lipinski definition) is 0. The minimum Gasteiger partial charge on any atom is -0.490 e. The zero-order chi connectivity index (χ0) is 17.5. The van der Waals surface area contributed by atoms with Gasteiger partial charge in [-0.15, -0.1) is 0 Å². The van der Waals surface area contributed by atoms with Gasteiger partial charge in [-0.1, -0.05) is 36.4 Å². The van der Waals surface area contributed by atoms with Gasteiger partial charge >= 0.3 is 5.97 Å². The number of carbonyl (C=O) groups excluding carboxylic acids is 1. The summed E-state index contributed by atoms with van der Waals surface area (Å²) in [7, 11) is 0. The average Bonchev–Trinajstić information content (AvgIpc) is 2.62. The first kappa shape index (κ1) is 17.3. The maximum Gasteiger partial charge on any atom is 0.302 e. The molecule has 2 aromatic carbocycles. The van der Waals surface area contributed by atoms with Crippen molar-refractivity contribution < 1.29 is 19.0 Å². The van der Waals surface area contributed by atoms with Gasteiger partial charge in [-0.2, -0.15) is 0 Å². The van der Waals surface area contributed by atoms with Crippen LogP contribution in [0.5, 0.6) is 11.5 Å². The molecule has 1 saturated carbocycles. The largest absolute Gasteiger partial charge is 0.490 e. The second kappa shape index (κ2) is 8.56. The molecule has 1 aliphatic carbocycles. The van der Waals surface area contributed by atoms with Crippen LogP contribution in [0.4, 0.5) is 0 Å². The van der Waals surface area contributed by atoms with Crippen molar-refractivity contribution in [3.63, 3.8) is 0 Å². The zero-order valence-electron chi connectivity index (χ0n) is 14.5. The molecular formula is C21H24O4. The summed E-state index contributed by atoms with van der Waals surface area (Å²) in [6.07, 6.45) is 3.71. The minimum atomic E-state index is -0.201. The fourth-order valence-corrected chi connectivity index (χ4v) is 3.07. The van der Waals surface area contributed by atoms with Crippen molar-refractivity contribution in [2.75, 3.05) is 0 Å². The summed E-state index contributed by atoms with van der Waals surface area (Å²) in [5.74, 6) is 1.42. The first-order valence-electron chi connectivity index (χ1n) is 8.80. The lowest BCUT2D eigenvalue weighted by molar-refractivity contribution is -0.148. The minimum absolute atomic E-state index is 0.0397. The topological polar surface area (TPSA) is 44.8 Å². The molecule has 0 bridgehead atoms. The third-order valence-corrected chi connectivity index (χ3v) is 4.31. The van der Waals surface area contributed by atoms with E-state index in [1.165, 1.54) is 6.92 Å². The highest BCUT2D eigenvalue weighted by molar-refractivity contribution is 5.66. The van der Waals surface area contributed by atoms with E-state index in [1.54, 1.807) is 0 Å². The lowest BCUT2D eigenvalue weighted by atomic mass is 9.95. The van der Waals surface area contributed by atoms with Crippen LogP contribution in [0.3, 0.4) is 0 Å². The second-order valence-electron chi connectivity index (χ2n) is 6.38. The van der Waals surface area contributed by atoms with Crippen molar-refractivity contribution in [2.45, 2.75) is 51.4 Å². The Labute approximate surface area is 148 Å². The van der Waals surface area contributed by atoms with Gasteiger partial charge in [0.1, 0.15) is 24.2 Å². The van der Waals surface area contributed by atoms with E-state index in [0.29, 0.717) is 6.61 Å². The van der Waals surface area contributed by atoms with E-state index < -0.39 is 0 Å². The van der Waals surface area contributed by atoms with Crippen LogP contribution in [-0.4, -0.2) is 18.2 Å². The van der Waals surface area contributed by atoms with Crippen LogP contribution < -0.4 is 9.47 Å². The molecule has 132 valence electrons. The normalized spacial score (nSPS) is 19.9. The Hall–Kier alpha value is -2.49. The van der Waals surface area contributed by atoms with Crippen LogP contribution >= 0.6 is 0 Å². The SMILES string of the molecule is CC(=O)OC1CCC(Oc2cccc(OCc3ccccc3)c2)CC1. The summed E-state index contributed by atoms with van der Waals surface area (Å²) in [5.41, 5.74) is 1.14. The van der Waals surface area contributed by atoms with Crippen molar-refractivity contribution >= 4 is 5.97 Å². The van der Waals surface area contributed by atoms with Crippen LogP contribution in [-0.2, 0) is 16.1 Å². The Balaban J connectivity index is 1.49. The van der Waals surface area contributed by atoms with Crippen molar-refractivity contribution in [1.82, 2.24) is 0 Å². The Morgan fingerprint density at radius 2 is 1.60 bits per heavy atom. The number of rotatable bonds is 6. The average molecular weight is 340 g/mol. The Morgan fingerprint density at radius 1 is 0.920 bits per heavy atom. The molecule has 4 nitrogen and oxygen atoms in total. The Kier molecular flexibility index (Phi) is 5.94. The van der Waals surface area contributed by atoms with E-state index in [1.807, 2.05) is 54.6 Å². The predicted molar refractivity (Wildman–Crippen MR) is 95.7 cm³/mol. The molecule has 25 heavy (non-hydrogen) atoms. The molecule has 3 rings (SSSR count). The van der Waals surface area contributed by atoms with Crippen LogP contribution in [0.2, 0.25) is 0 Å². The highest BCUT2D eigenvalue weighted by Crippen LogP contribution is 2.27. The molecule has 1 aliphatic rings. The number of hydrogen-bond acceptors (Lipinski definition) is 4. The first-order chi connectivity index (χ1) is 12.2. The van der Waals surface area contributed by atoms with E-state index >= 15 is 0 Å². The van der Waals surface area contributed by atoms with Gasteiger partial charge in [-0.25, -0.2) is 0 Å². The standard InChI is InChI=1S/C21H24O4/c1-16(22)24-18-10-12-19(13-11-18)25-21-9-5-8-20(14-21)23-15-17-6-3-2-4-7-17/h2-9,14,18-19H,10-13,15H2,1H3. The number of ether oxygens (including phenoxy) is 3. The Morgan fingerprint density at radius 3 is 2.32 bits per heavy atom. The molecule has 0 radical (unpaired) electrons. The summed E-state index contributed by atoms with van der Waals surface area (Å²) in [5, 5.41) is 0. The third kappa shape index (κ3) is 5.52. The smallest absolute Gasteiger partial charge is 0.302 e. The van der Waals surface area contributed by atoms with Gasteiger partial charge in [0.2, 0.25) is 0 Å². The summed E-state index contributed by atoms with van der Waals surface area (Å²) in [6, 6.07) is 17.9. The van der Waals surface area contributed by atoms with E-state index in [0.717, 1.165) is 42.7 Å². The van der Waals surface area contributed by atoms with Gasteiger partial charge in [0.25, 0.3) is 0 Å². The fraction of sp³-hybridized carbons (Fsp3) is 0.381. The lowest BCUT2D eigenvalue weighted by Gasteiger charge is -2.28. The van der Waals surface area contributed by atoms with Crippen LogP contribution in [0.1, 0.15) is 38.2 Å². The predicted octanol–water partition coefficient (Wildman–Crippen LogP) is 4.52. The molecule has 0 spiro atoms. The van der Waals surface area contributed by atoms with E-state index in [9.17, 15) is 4.79 Å². The molecule has 0 amide bonds. The maximum atomic E-state index is 11.0. The van der Waals surface area contributed by atoms with Gasteiger partial charge in [0.05, 0.1) is 6.10 Å². The molecule has 0 atom stereocenters. The molecule has 2 aromatic rings. The maximum absolute atomic E-state index is 11.0. The van der Waals surface area contributed by atoms with Crippen LogP contribution in [0, 0.1) is 0 Å². The number of carbonyl (C=O) groups is 1. The zero-order valence-corrected chi connectivity index (χ0v) is 14.5. The molecule has 0 N–H and O–H groups in total. The van der Waals surface area contributed by atoms with E-state index in [2.05, 4.69) is 0 Å². The second-order valence-corrected chi connectivity index (χ2v) is 6.38. The van der Waals surface area contributed by atoms with Gasteiger partial charge in [-0.05, 0) is 43.4 Å². The fourth-order valence-electron chi connectivity index (χ4n) is 3.07. The highest BCUT2D eigenvalue weighted by atomic mass is 16.5. The number of esters is 1. The summed E-state index contributed by atoms with van der Waals surface area (Å²) < 4.78 is 17.2. The van der Waals surface area contributed by atoms with Crippen molar-refractivity contribution in [3.05, 3.63) is 60.2 Å². The first-order valence-corrected chi connectivity index (χ1v) is 8.80. The Bertz CT molecular complexity index is 675. The van der Waals surface area contributed by atoms with E-state index in [4.69, 9.17) is 14.2 Å². The summed E-state index contributed by atoms with van der Waals surface area (Å²) in [6.45, 7) is 2.00. The molecule has 0 saturated heterocycles. The molecular weight excluding hydrogens is 316 g/mol. The van der Waals surface area contributed by atoms with Gasteiger partial charge in [0, 0.05) is 13.0 Å². The summed E-state index contributed by atoms with van der Waals surface area (Å²) >= 11 is 0. The van der Waals surface area contributed by atoms with Crippen molar-refractivity contribution in [2.24, 2.45) is 0 Å². The summed E-state index contributed by atoms with van der Waals surface area (Å²) in [4.78, 5) is 11.0. The third-order valence-electron chi connectivity index (χ3n) is 4.31. The lowest BCUT2D eigenvalue weighted by Crippen LogP contribution is -2.29.